The van der Waals surface area contributed by atoms with E-state index in [4.69, 9.17) is 0 Å². The Bertz CT molecular complexity index is 898. The Balaban J connectivity index is 0.00000280. The predicted octanol–water partition coefficient (Wildman–Crippen LogP) is 0.992. The highest BCUT2D eigenvalue weighted by atomic mass is 35.5. The van der Waals surface area contributed by atoms with E-state index in [1.807, 2.05) is 24.7 Å². The Morgan fingerprint density at radius 3 is 2.68 bits per heavy atom. The average molecular weight is 428 g/mol. The lowest BCUT2D eigenvalue weighted by atomic mass is 10.1. The minimum absolute atomic E-state index is 0. The number of carbonyl (C=O) groups excluding carboxylic acids is 1. The van der Waals surface area contributed by atoms with Crippen LogP contribution < -0.4 is 10.0 Å². The molecule has 2 heterocycles. The van der Waals surface area contributed by atoms with Gasteiger partial charge in [-0.2, -0.15) is 0 Å². The normalized spacial score (nSPS) is 17.2. The number of halogens is 1. The van der Waals surface area contributed by atoms with Crippen molar-refractivity contribution in [3.05, 3.63) is 48.0 Å². The molecule has 1 unspecified atom stereocenters. The summed E-state index contributed by atoms with van der Waals surface area (Å²) in [6.45, 7) is 3.87. The van der Waals surface area contributed by atoms with Crippen molar-refractivity contribution in [3.63, 3.8) is 0 Å². The molecule has 0 saturated carbocycles. The first-order valence-corrected chi connectivity index (χ1v) is 10.4. The van der Waals surface area contributed by atoms with Crippen LogP contribution in [0, 0.1) is 6.92 Å². The number of piperazine rings is 1. The number of aromatic nitrogens is 2. The SMILES string of the molecule is Cc1ccc(S(=O)(=O)NCCC(=O)N2CCNCC2c2nccn2C)cc1.Cl. The monoisotopic (exact) mass is 427 g/mol. The molecule has 10 heteroatoms. The lowest BCUT2D eigenvalue weighted by Crippen LogP contribution is -2.50. The second kappa shape index (κ2) is 9.51. The minimum atomic E-state index is -3.62. The van der Waals surface area contributed by atoms with Gasteiger partial charge in [-0.1, -0.05) is 17.7 Å². The maximum Gasteiger partial charge on any atom is 0.240 e. The van der Waals surface area contributed by atoms with E-state index in [1.54, 1.807) is 35.4 Å². The largest absolute Gasteiger partial charge is 0.336 e. The van der Waals surface area contributed by atoms with E-state index < -0.39 is 10.0 Å². The Kier molecular flexibility index (Phi) is 7.59. The predicted molar refractivity (Wildman–Crippen MR) is 109 cm³/mol. The van der Waals surface area contributed by atoms with Crippen LogP contribution in [0.25, 0.3) is 0 Å². The molecule has 1 fully saturated rings. The zero-order valence-electron chi connectivity index (χ0n) is 16.0. The van der Waals surface area contributed by atoms with E-state index in [2.05, 4.69) is 15.0 Å². The van der Waals surface area contributed by atoms with Crippen molar-refractivity contribution < 1.29 is 13.2 Å². The Morgan fingerprint density at radius 1 is 1.32 bits per heavy atom. The Morgan fingerprint density at radius 2 is 2.04 bits per heavy atom. The molecule has 8 nitrogen and oxygen atoms in total. The summed E-state index contributed by atoms with van der Waals surface area (Å²) in [5.74, 6) is 0.729. The summed E-state index contributed by atoms with van der Waals surface area (Å²) in [5.41, 5.74) is 0.989. The third-order valence-electron chi connectivity index (χ3n) is 4.68. The number of imidazole rings is 1. The number of nitrogens with one attached hydrogen (secondary N) is 2. The van der Waals surface area contributed by atoms with Crippen molar-refractivity contribution in [1.82, 2.24) is 24.5 Å². The molecule has 28 heavy (non-hydrogen) atoms. The summed E-state index contributed by atoms with van der Waals surface area (Å²) in [7, 11) is -1.72. The summed E-state index contributed by atoms with van der Waals surface area (Å²) in [6.07, 6.45) is 3.66. The van der Waals surface area contributed by atoms with Crippen molar-refractivity contribution in [1.29, 1.82) is 0 Å². The van der Waals surface area contributed by atoms with Crippen LogP contribution in [-0.4, -0.2) is 55.0 Å². The second-order valence-electron chi connectivity index (χ2n) is 6.66. The van der Waals surface area contributed by atoms with Gasteiger partial charge in [0.1, 0.15) is 11.9 Å². The number of benzene rings is 1. The molecule has 1 aromatic carbocycles. The molecule has 0 aliphatic carbocycles. The Labute approximate surface area is 171 Å². The van der Waals surface area contributed by atoms with E-state index in [0.29, 0.717) is 19.6 Å². The van der Waals surface area contributed by atoms with Crippen molar-refractivity contribution in [2.75, 3.05) is 26.2 Å². The molecule has 2 aromatic rings. The van der Waals surface area contributed by atoms with Gasteiger partial charge in [-0.3, -0.25) is 4.79 Å². The van der Waals surface area contributed by atoms with Gasteiger partial charge < -0.3 is 14.8 Å². The first-order valence-electron chi connectivity index (χ1n) is 8.92. The first-order chi connectivity index (χ1) is 12.9. The third-order valence-corrected chi connectivity index (χ3v) is 6.16. The highest BCUT2D eigenvalue weighted by Crippen LogP contribution is 2.21. The lowest BCUT2D eigenvalue weighted by Gasteiger charge is -2.35. The van der Waals surface area contributed by atoms with Gasteiger partial charge in [-0.15, -0.1) is 12.4 Å². The molecule has 1 aromatic heterocycles. The fourth-order valence-electron chi connectivity index (χ4n) is 3.17. The molecule has 1 aliphatic heterocycles. The second-order valence-corrected chi connectivity index (χ2v) is 8.43. The number of aryl methyl sites for hydroxylation is 2. The molecule has 0 radical (unpaired) electrons. The number of hydrogen-bond donors (Lipinski definition) is 2. The van der Waals surface area contributed by atoms with Gasteiger partial charge in [0.05, 0.1) is 4.90 Å². The molecule has 1 amide bonds. The first kappa shape index (κ1) is 22.4. The van der Waals surface area contributed by atoms with Crippen molar-refractivity contribution in [3.8, 4) is 0 Å². The molecule has 1 aliphatic rings. The standard InChI is InChI=1S/C18H25N5O3S.ClH/c1-14-3-5-15(6-4-14)27(25,26)21-8-7-17(24)23-12-9-19-13-16(23)18-20-10-11-22(18)2;/h3-6,10-11,16,19,21H,7-9,12-13H2,1-2H3;1H. The summed E-state index contributed by atoms with van der Waals surface area (Å²) in [4.78, 5) is 19.0. The molecular weight excluding hydrogens is 402 g/mol. The number of amides is 1. The van der Waals surface area contributed by atoms with Crippen LogP contribution in [0.5, 0.6) is 0 Å². The molecule has 3 rings (SSSR count). The smallest absolute Gasteiger partial charge is 0.240 e. The fraction of sp³-hybridized carbons (Fsp3) is 0.444. The van der Waals surface area contributed by atoms with E-state index in [-0.39, 0.29) is 42.2 Å². The maximum absolute atomic E-state index is 12.7. The fourth-order valence-corrected chi connectivity index (χ4v) is 4.20. The van der Waals surface area contributed by atoms with Crippen molar-refractivity contribution in [2.24, 2.45) is 7.05 Å². The van der Waals surface area contributed by atoms with E-state index in [9.17, 15) is 13.2 Å². The van der Waals surface area contributed by atoms with Crippen LogP contribution in [0.3, 0.4) is 0 Å². The topological polar surface area (TPSA) is 96.3 Å². The van der Waals surface area contributed by atoms with Crippen LogP contribution in [0.15, 0.2) is 41.6 Å². The zero-order chi connectivity index (χ0) is 19.4. The molecule has 1 saturated heterocycles. The van der Waals surface area contributed by atoms with Crippen molar-refractivity contribution >= 4 is 28.3 Å². The van der Waals surface area contributed by atoms with E-state index >= 15 is 0 Å². The molecule has 1 atom stereocenters. The third kappa shape index (κ3) is 5.11. The summed E-state index contributed by atoms with van der Waals surface area (Å²) in [5, 5.41) is 3.28. The number of hydrogen-bond acceptors (Lipinski definition) is 5. The minimum Gasteiger partial charge on any atom is -0.336 e. The van der Waals surface area contributed by atoms with Gasteiger partial charge in [0.2, 0.25) is 15.9 Å². The quantitative estimate of drug-likeness (QED) is 0.716. The van der Waals surface area contributed by atoms with Gasteiger partial charge in [0.15, 0.2) is 0 Å². The Hall–Kier alpha value is -1.94. The van der Waals surface area contributed by atoms with E-state index in [0.717, 1.165) is 11.4 Å². The highest BCUT2D eigenvalue weighted by molar-refractivity contribution is 7.89. The number of carbonyl (C=O) groups is 1. The summed E-state index contributed by atoms with van der Waals surface area (Å²) in [6, 6.07) is 6.47. The van der Waals surface area contributed by atoms with Gasteiger partial charge in [-0.05, 0) is 19.1 Å². The summed E-state index contributed by atoms with van der Waals surface area (Å²) < 4.78 is 29.1. The lowest BCUT2D eigenvalue weighted by molar-refractivity contribution is -0.134. The molecule has 2 N–H and O–H groups in total. The highest BCUT2D eigenvalue weighted by Gasteiger charge is 2.30. The maximum atomic E-state index is 12.7. The number of rotatable bonds is 6. The summed E-state index contributed by atoms with van der Waals surface area (Å²) >= 11 is 0. The molecule has 0 bridgehead atoms. The van der Waals surface area contributed by atoms with Gasteiger partial charge in [-0.25, -0.2) is 18.1 Å². The molecular formula is C18H26ClN5O3S. The van der Waals surface area contributed by atoms with Crippen LogP contribution >= 0.6 is 12.4 Å². The molecule has 0 spiro atoms. The van der Waals surface area contributed by atoms with Crippen LogP contribution in [0.2, 0.25) is 0 Å². The van der Waals surface area contributed by atoms with Crippen LogP contribution in [-0.2, 0) is 21.9 Å². The number of sulfonamides is 1. The zero-order valence-corrected chi connectivity index (χ0v) is 17.6. The van der Waals surface area contributed by atoms with Gasteiger partial charge in [0.25, 0.3) is 0 Å². The number of nitrogens with zero attached hydrogens (tertiary/aromatic N) is 3. The van der Waals surface area contributed by atoms with Crippen LogP contribution in [0.4, 0.5) is 0 Å². The average Bonchev–Trinajstić information content (AvgIpc) is 3.07. The van der Waals surface area contributed by atoms with Gasteiger partial charge >= 0.3 is 0 Å². The van der Waals surface area contributed by atoms with Crippen molar-refractivity contribution in [2.45, 2.75) is 24.3 Å². The van der Waals surface area contributed by atoms with Crippen LogP contribution in [0.1, 0.15) is 23.9 Å². The van der Waals surface area contributed by atoms with Gasteiger partial charge in [0, 0.05) is 52.0 Å². The molecule has 154 valence electrons. The van der Waals surface area contributed by atoms with E-state index in [1.165, 1.54) is 0 Å².